The number of carboxylic acids is 1. The van der Waals surface area contributed by atoms with Crippen molar-refractivity contribution in [1.29, 1.82) is 0 Å². The topological polar surface area (TPSA) is 123 Å². The van der Waals surface area contributed by atoms with Gasteiger partial charge in [-0.1, -0.05) is 48.5 Å². The van der Waals surface area contributed by atoms with E-state index < -0.39 is 36.0 Å². The number of rotatable bonds is 9. The van der Waals surface area contributed by atoms with Crippen molar-refractivity contribution in [1.82, 2.24) is 10.6 Å². The van der Waals surface area contributed by atoms with Crippen LogP contribution in [0.4, 0.5) is 4.79 Å². The molecule has 2 aliphatic rings. The summed E-state index contributed by atoms with van der Waals surface area (Å²) < 4.78 is 16.3. The molecule has 9 heteroatoms. The molecule has 0 aromatic heterocycles. The smallest absolute Gasteiger partial charge is 0.407 e. The molecule has 2 atom stereocenters. The number of nitrogens with one attached hydrogen (secondary N) is 2. The summed E-state index contributed by atoms with van der Waals surface area (Å²) in [5.41, 5.74) is 3.64. The zero-order chi connectivity index (χ0) is 24.1. The molecule has 0 radical (unpaired) electrons. The number of benzene rings is 2. The first-order chi connectivity index (χ1) is 16.4. The summed E-state index contributed by atoms with van der Waals surface area (Å²) in [7, 11) is 1.53. The van der Waals surface area contributed by atoms with Crippen LogP contribution in [0.5, 0.6) is 0 Å². The number of carbonyl (C=O) groups excluding carboxylic acids is 2. The Hall–Kier alpha value is -3.43. The van der Waals surface area contributed by atoms with Crippen molar-refractivity contribution in [3.63, 3.8) is 0 Å². The quantitative estimate of drug-likeness (QED) is 0.516. The Kier molecular flexibility index (Phi) is 7.14. The molecular weight excluding hydrogens is 440 g/mol. The van der Waals surface area contributed by atoms with Crippen LogP contribution in [0.15, 0.2) is 48.5 Å². The molecule has 2 unspecified atom stereocenters. The zero-order valence-corrected chi connectivity index (χ0v) is 18.9. The second-order valence-corrected chi connectivity index (χ2v) is 8.53. The SMILES string of the molecule is COC1(CNC(=O)C(CC(=O)O)NC(=O)OCC2c3ccccc3-c3ccccc32)CCOC1. The van der Waals surface area contributed by atoms with Crippen LogP contribution < -0.4 is 10.6 Å². The summed E-state index contributed by atoms with van der Waals surface area (Å²) in [6.45, 7) is 1.05. The fourth-order valence-electron chi connectivity index (χ4n) is 4.50. The minimum atomic E-state index is -1.29. The van der Waals surface area contributed by atoms with Gasteiger partial charge in [0.1, 0.15) is 18.2 Å². The van der Waals surface area contributed by atoms with Crippen molar-refractivity contribution < 1.29 is 33.7 Å². The highest BCUT2D eigenvalue weighted by Crippen LogP contribution is 2.44. The number of amides is 2. The van der Waals surface area contributed by atoms with Crippen LogP contribution in [0, 0.1) is 0 Å². The molecule has 180 valence electrons. The highest BCUT2D eigenvalue weighted by atomic mass is 16.6. The number of methoxy groups -OCH3 is 1. The monoisotopic (exact) mass is 468 g/mol. The van der Waals surface area contributed by atoms with Crippen LogP contribution in [-0.2, 0) is 23.8 Å². The number of carbonyl (C=O) groups is 3. The molecule has 0 bridgehead atoms. The molecule has 9 nitrogen and oxygen atoms in total. The summed E-state index contributed by atoms with van der Waals surface area (Å²) >= 11 is 0. The van der Waals surface area contributed by atoms with Crippen molar-refractivity contribution in [3.8, 4) is 11.1 Å². The van der Waals surface area contributed by atoms with E-state index >= 15 is 0 Å². The molecule has 4 rings (SSSR count). The van der Waals surface area contributed by atoms with E-state index in [-0.39, 0.29) is 19.1 Å². The third-order valence-corrected chi connectivity index (χ3v) is 6.42. The van der Waals surface area contributed by atoms with Gasteiger partial charge in [0.15, 0.2) is 0 Å². The van der Waals surface area contributed by atoms with Crippen LogP contribution in [-0.4, -0.2) is 68.2 Å². The Morgan fingerprint density at radius 2 is 1.76 bits per heavy atom. The predicted octanol–water partition coefficient (Wildman–Crippen LogP) is 2.29. The number of fused-ring (bicyclic) bond motifs is 3. The van der Waals surface area contributed by atoms with E-state index in [9.17, 15) is 19.5 Å². The largest absolute Gasteiger partial charge is 0.481 e. The number of hydrogen-bond acceptors (Lipinski definition) is 6. The molecule has 0 spiro atoms. The van der Waals surface area contributed by atoms with Crippen LogP contribution in [0.2, 0.25) is 0 Å². The van der Waals surface area contributed by atoms with Gasteiger partial charge in [-0.2, -0.15) is 0 Å². The lowest BCUT2D eigenvalue weighted by Crippen LogP contribution is -2.52. The van der Waals surface area contributed by atoms with E-state index in [2.05, 4.69) is 10.6 Å². The van der Waals surface area contributed by atoms with Gasteiger partial charge in [-0.3, -0.25) is 9.59 Å². The van der Waals surface area contributed by atoms with E-state index in [0.717, 1.165) is 22.3 Å². The van der Waals surface area contributed by atoms with Gasteiger partial charge in [-0.15, -0.1) is 0 Å². The summed E-state index contributed by atoms with van der Waals surface area (Å²) in [6, 6.07) is 14.6. The lowest BCUT2D eigenvalue weighted by Gasteiger charge is -2.27. The molecule has 1 heterocycles. The van der Waals surface area contributed by atoms with Gasteiger partial charge in [0.05, 0.1) is 13.0 Å². The number of carboxylic acid groups (broad SMARTS) is 1. The average molecular weight is 469 g/mol. The standard InChI is InChI=1S/C25H28N2O7/c1-32-25(10-11-33-15-25)14-26-23(30)21(12-22(28)29)27-24(31)34-13-20-18-8-4-2-6-16(18)17-7-3-5-9-19(17)20/h2-9,20-21H,10-15H2,1H3,(H,26,30)(H,27,31)(H,28,29). The van der Waals surface area contributed by atoms with E-state index in [1.165, 1.54) is 7.11 Å². The Morgan fingerprint density at radius 1 is 1.12 bits per heavy atom. The van der Waals surface area contributed by atoms with Crippen molar-refractivity contribution in [2.45, 2.75) is 30.4 Å². The highest BCUT2D eigenvalue weighted by Gasteiger charge is 2.36. The molecule has 2 amide bonds. The van der Waals surface area contributed by atoms with E-state index in [4.69, 9.17) is 14.2 Å². The Balaban J connectivity index is 1.38. The first-order valence-corrected chi connectivity index (χ1v) is 11.2. The maximum Gasteiger partial charge on any atom is 0.407 e. The highest BCUT2D eigenvalue weighted by molar-refractivity contribution is 5.89. The molecule has 2 aromatic rings. The molecule has 2 aromatic carbocycles. The van der Waals surface area contributed by atoms with Gasteiger partial charge in [0.25, 0.3) is 0 Å². The Bertz CT molecular complexity index is 1020. The molecule has 1 aliphatic carbocycles. The van der Waals surface area contributed by atoms with Crippen LogP contribution >= 0.6 is 0 Å². The zero-order valence-electron chi connectivity index (χ0n) is 18.9. The lowest BCUT2D eigenvalue weighted by atomic mass is 9.98. The fraction of sp³-hybridized carbons (Fsp3) is 0.400. The number of alkyl carbamates (subject to hydrolysis) is 1. The first-order valence-electron chi connectivity index (χ1n) is 11.2. The van der Waals surface area contributed by atoms with Crippen molar-refractivity contribution in [3.05, 3.63) is 59.7 Å². The van der Waals surface area contributed by atoms with E-state index in [0.29, 0.717) is 19.6 Å². The van der Waals surface area contributed by atoms with Gasteiger partial charge in [-0.05, 0) is 22.3 Å². The minimum absolute atomic E-state index is 0.0609. The molecule has 1 saturated heterocycles. The van der Waals surface area contributed by atoms with E-state index in [1.807, 2.05) is 48.5 Å². The molecule has 3 N–H and O–H groups in total. The normalized spacial score (nSPS) is 19.7. The van der Waals surface area contributed by atoms with E-state index in [1.54, 1.807) is 0 Å². The van der Waals surface area contributed by atoms with Gasteiger partial charge in [0.2, 0.25) is 5.91 Å². The number of ether oxygens (including phenoxy) is 3. The van der Waals surface area contributed by atoms with Crippen molar-refractivity contribution in [2.24, 2.45) is 0 Å². The first kappa shape index (κ1) is 23.7. The maximum atomic E-state index is 12.7. The lowest BCUT2D eigenvalue weighted by molar-refractivity contribution is -0.140. The summed E-state index contributed by atoms with van der Waals surface area (Å²) in [6.07, 6.45) is -0.825. The van der Waals surface area contributed by atoms with Crippen molar-refractivity contribution >= 4 is 18.0 Å². The third kappa shape index (κ3) is 5.05. The van der Waals surface area contributed by atoms with Gasteiger partial charge < -0.3 is 30.0 Å². The van der Waals surface area contributed by atoms with Crippen LogP contribution in [0.25, 0.3) is 11.1 Å². The number of aliphatic carboxylic acids is 1. The second kappa shape index (κ2) is 10.2. The van der Waals surface area contributed by atoms with Gasteiger partial charge in [-0.25, -0.2) is 4.79 Å². The van der Waals surface area contributed by atoms with Crippen LogP contribution in [0.1, 0.15) is 29.9 Å². The van der Waals surface area contributed by atoms with Crippen molar-refractivity contribution in [2.75, 3.05) is 33.5 Å². The predicted molar refractivity (Wildman–Crippen MR) is 122 cm³/mol. The number of hydrogen-bond donors (Lipinski definition) is 3. The average Bonchev–Trinajstić information content (AvgIpc) is 3.44. The fourth-order valence-corrected chi connectivity index (χ4v) is 4.50. The van der Waals surface area contributed by atoms with Gasteiger partial charge in [0, 0.05) is 32.6 Å². The molecule has 1 aliphatic heterocycles. The Morgan fingerprint density at radius 3 is 2.32 bits per heavy atom. The minimum Gasteiger partial charge on any atom is -0.481 e. The molecule has 34 heavy (non-hydrogen) atoms. The maximum absolute atomic E-state index is 12.7. The summed E-state index contributed by atoms with van der Waals surface area (Å²) in [4.78, 5) is 36.5. The molecule has 1 fully saturated rings. The third-order valence-electron chi connectivity index (χ3n) is 6.42. The van der Waals surface area contributed by atoms with Gasteiger partial charge >= 0.3 is 12.1 Å². The second-order valence-electron chi connectivity index (χ2n) is 8.53. The summed E-state index contributed by atoms with van der Waals surface area (Å²) in [5, 5.41) is 14.3. The Labute approximate surface area is 197 Å². The summed E-state index contributed by atoms with van der Waals surface area (Å²) in [5.74, 6) is -1.99. The van der Waals surface area contributed by atoms with Crippen LogP contribution in [0.3, 0.4) is 0 Å². The molecular formula is C25H28N2O7. The molecule has 0 saturated carbocycles.